The first-order chi connectivity index (χ1) is 10.6. The van der Waals surface area contributed by atoms with Gasteiger partial charge in [-0.1, -0.05) is 41.7 Å². The van der Waals surface area contributed by atoms with Gasteiger partial charge >= 0.3 is 0 Å². The smallest absolute Gasteiger partial charge is 0.205 e. The summed E-state index contributed by atoms with van der Waals surface area (Å²) in [7, 11) is -2.78. The van der Waals surface area contributed by atoms with Crippen LogP contribution in [0, 0.1) is 5.92 Å². The van der Waals surface area contributed by atoms with Crippen LogP contribution in [0.2, 0.25) is 0 Å². The zero-order valence-corrected chi connectivity index (χ0v) is 13.9. The van der Waals surface area contributed by atoms with Gasteiger partial charge in [0.1, 0.15) is 14.8 Å². The van der Waals surface area contributed by atoms with E-state index in [9.17, 15) is 8.42 Å². The fourth-order valence-corrected chi connectivity index (χ4v) is 4.91. The van der Waals surface area contributed by atoms with Crippen molar-refractivity contribution < 1.29 is 8.42 Å². The molecule has 1 aliphatic rings. The number of hydrogen-bond acceptors (Lipinski definition) is 6. The Morgan fingerprint density at radius 2 is 1.86 bits per heavy atom. The first kappa shape index (κ1) is 15.4. The molecule has 0 bridgehead atoms. The number of anilines is 1. The first-order valence-corrected chi connectivity index (χ1v) is 10.1. The van der Waals surface area contributed by atoms with E-state index in [0.717, 1.165) is 35.9 Å². The van der Waals surface area contributed by atoms with Gasteiger partial charge in [-0.25, -0.2) is 8.42 Å². The summed E-state index contributed by atoms with van der Waals surface area (Å²) in [5.41, 5.74) is 1.22. The van der Waals surface area contributed by atoms with E-state index in [1.165, 1.54) is 5.56 Å². The number of nitrogens with one attached hydrogen (secondary N) is 1. The molecule has 0 atom stereocenters. The van der Waals surface area contributed by atoms with Crippen molar-refractivity contribution in [2.45, 2.75) is 19.3 Å². The maximum absolute atomic E-state index is 11.4. The molecule has 1 aromatic carbocycles. The number of hydrogen-bond donors (Lipinski definition) is 1. The van der Waals surface area contributed by atoms with Gasteiger partial charge in [0.15, 0.2) is 0 Å². The highest BCUT2D eigenvalue weighted by Crippen LogP contribution is 2.22. The van der Waals surface area contributed by atoms with E-state index in [1.54, 1.807) is 11.3 Å². The molecule has 0 amide bonds. The number of nitrogens with zero attached hydrogens (tertiary/aromatic N) is 2. The maximum Gasteiger partial charge on any atom is 0.205 e. The van der Waals surface area contributed by atoms with Crippen LogP contribution in [0.15, 0.2) is 30.3 Å². The zero-order chi connectivity index (χ0) is 15.4. The molecule has 1 fully saturated rings. The van der Waals surface area contributed by atoms with Crippen LogP contribution in [0.4, 0.5) is 5.13 Å². The zero-order valence-electron chi connectivity index (χ0n) is 12.2. The summed E-state index contributed by atoms with van der Waals surface area (Å²) in [6, 6.07) is 10.2. The standard InChI is InChI=1S/C15H19N3O2S2/c19-22(20)8-6-13(7-9-22)11-16-15-18-17-14(21-15)10-12-4-2-1-3-5-12/h1-5,13H,6-11H2,(H,16,18). The van der Waals surface area contributed by atoms with E-state index in [1.807, 2.05) is 18.2 Å². The topological polar surface area (TPSA) is 72.0 Å². The Labute approximate surface area is 134 Å². The van der Waals surface area contributed by atoms with Crippen LogP contribution in [0.5, 0.6) is 0 Å². The lowest BCUT2D eigenvalue weighted by atomic mass is 10.0. The van der Waals surface area contributed by atoms with Gasteiger partial charge in [0.05, 0.1) is 11.5 Å². The van der Waals surface area contributed by atoms with E-state index < -0.39 is 9.84 Å². The second-order valence-electron chi connectivity index (χ2n) is 5.64. The lowest BCUT2D eigenvalue weighted by Gasteiger charge is -2.21. The number of sulfone groups is 1. The lowest BCUT2D eigenvalue weighted by Crippen LogP contribution is -2.27. The Bertz CT molecular complexity index is 699. The highest BCUT2D eigenvalue weighted by Gasteiger charge is 2.23. The molecule has 1 aliphatic heterocycles. The van der Waals surface area contributed by atoms with Crippen LogP contribution in [0.25, 0.3) is 0 Å². The molecule has 0 saturated carbocycles. The molecule has 3 rings (SSSR count). The van der Waals surface area contributed by atoms with Crippen molar-refractivity contribution >= 4 is 26.3 Å². The van der Waals surface area contributed by atoms with Gasteiger partial charge in [-0.05, 0) is 24.3 Å². The minimum Gasteiger partial charge on any atom is -0.360 e. The van der Waals surface area contributed by atoms with Crippen LogP contribution in [-0.4, -0.2) is 36.7 Å². The quantitative estimate of drug-likeness (QED) is 0.907. The molecule has 0 unspecified atom stereocenters. The van der Waals surface area contributed by atoms with Crippen molar-refractivity contribution in [3.63, 3.8) is 0 Å². The highest BCUT2D eigenvalue weighted by molar-refractivity contribution is 7.91. The van der Waals surface area contributed by atoms with Gasteiger partial charge in [0.2, 0.25) is 5.13 Å². The average Bonchev–Trinajstić information content (AvgIpc) is 2.95. The molecule has 1 aromatic heterocycles. The molecule has 2 heterocycles. The molecule has 0 radical (unpaired) electrons. The molecule has 0 aliphatic carbocycles. The van der Waals surface area contributed by atoms with Crippen molar-refractivity contribution in [2.24, 2.45) is 5.92 Å². The van der Waals surface area contributed by atoms with Gasteiger partial charge in [0, 0.05) is 13.0 Å². The minimum absolute atomic E-state index is 0.314. The summed E-state index contributed by atoms with van der Waals surface area (Å²) in [5.74, 6) is 1.04. The fraction of sp³-hybridized carbons (Fsp3) is 0.467. The molecule has 5 nitrogen and oxygen atoms in total. The lowest BCUT2D eigenvalue weighted by molar-refractivity contribution is 0.484. The molecule has 1 saturated heterocycles. The molecular weight excluding hydrogens is 318 g/mol. The molecule has 0 spiro atoms. The predicted molar refractivity (Wildman–Crippen MR) is 89.0 cm³/mol. The van der Waals surface area contributed by atoms with Crippen molar-refractivity contribution in [1.82, 2.24) is 10.2 Å². The second kappa shape index (κ2) is 6.75. The normalized spacial score (nSPS) is 18.2. The van der Waals surface area contributed by atoms with E-state index in [-0.39, 0.29) is 0 Å². The van der Waals surface area contributed by atoms with Crippen molar-refractivity contribution in [3.8, 4) is 0 Å². The van der Waals surface area contributed by atoms with E-state index in [2.05, 4.69) is 27.6 Å². The molecular formula is C15H19N3O2S2. The SMILES string of the molecule is O=S1(=O)CCC(CNc2nnc(Cc3ccccc3)s2)CC1. The Morgan fingerprint density at radius 1 is 1.14 bits per heavy atom. The number of rotatable bonds is 5. The maximum atomic E-state index is 11.4. The van der Waals surface area contributed by atoms with Gasteiger partial charge in [0.25, 0.3) is 0 Å². The minimum atomic E-state index is -2.78. The van der Waals surface area contributed by atoms with Crippen LogP contribution in [0.1, 0.15) is 23.4 Å². The largest absolute Gasteiger partial charge is 0.360 e. The van der Waals surface area contributed by atoms with E-state index in [0.29, 0.717) is 17.4 Å². The third kappa shape index (κ3) is 4.27. The summed E-state index contributed by atoms with van der Waals surface area (Å²) in [4.78, 5) is 0. The third-order valence-corrected chi connectivity index (χ3v) is 6.48. The van der Waals surface area contributed by atoms with Crippen LogP contribution < -0.4 is 5.32 Å². The molecule has 2 aromatic rings. The summed E-state index contributed by atoms with van der Waals surface area (Å²) < 4.78 is 22.8. The summed E-state index contributed by atoms with van der Waals surface area (Å²) in [5, 5.41) is 13.5. The summed E-state index contributed by atoms with van der Waals surface area (Å²) >= 11 is 1.56. The van der Waals surface area contributed by atoms with E-state index in [4.69, 9.17) is 0 Å². The molecule has 22 heavy (non-hydrogen) atoms. The Hall–Kier alpha value is -1.47. The van der Waals surface area contributed by atoms with Gasteiger partial charge < -0.3 is 5.32 Å². The van der Waals surface area contributed by atoms with Crippen LogP contribution in [-0.2, 0) is 16.3 Å². The summed E-state index contributed by atoms with van der Waals surface area (Å²) in [6.07, 6.45) is 2.28. The Morgan fingerprint density at radius 3 is 2.59 bits per heavy atom. The molecule has 7 heteroatoms. The summed E-state index contributed by atoms with van der Waals surface area (Å²) in [6.45, 7) is 0.773. The number of benzene rings is 1. The van der Waals surface area contributed by atoms with Gasteiger partial charge in [-0.15, -0.1) is 10.2 Å². The van der Waals surface area contributed by atoms with Gasteiger partial charge in [-0.3, -0.25) is 0 Å². The highest BCUT2D eigenvalue weighted by atomic mass is 32.2. The van der Waals surface area contributed by atoms with Crippen molar-refractivity contribution in [3.05, 3.63) is 40.9 Å². The predicted octanol–water partition coefficient (Wildman–Crippen LogP) is 2.37. The fourth-order valence-electron chi connectivity index (χ4n) is 2.54. The second-order valence-corrected chi connectivity index (χ2v) is 9.01. The monoisotopic (exact) mass is 337 g/mol. The third-order valence-electron chi connectivity index (χ3n) is 3.88. The first-order valence-electron chi connectivity index (χ1n) is 7.41. The van der Waals surface area contributed by atoms with Crippen LogP contribution in [0.3, 0.4) is 0 Å². The molecule has 1 N–H and O–H groups in total. The van der Waals surface area contributed by atoms with Crippen molar-refractivity contribution in [1.29, 1.82) is 0 Å². The van der Waals surface area contributed by atoms with Crippen LogP contribution >= 0.6 is 11.3 Å². The van der Waals surface area contributed by atoms with E-state index >= 15 is 0 Å². The van der Waals surface area contributed by atoms with Gasteiger partial charge in [-0.2, -0.15) is 0 Å². The van der Waals surface area contributed by atoms with Crippen molar-refractivity contribution in [2.75, 3.05) is 23.4 Å². The Kier molecular flexibility index (Phi) is 4.73. The number of aromatic nitrogens is 2. The Balaban J connectivity index is 1.50. The molecule has 118 valence electrons. The average molecular weight is 337 g/mol.